The van der Waals surface area contributed by atoms with E-state index in [0.29, 0.717) is 0 Å². The van der Waals surface area contributed by atoms with Gasteiger partial charge in [-0.05, 0) is 12.1 Å². The largest absolute Gasteiger partial charge is 0.262 e. The second kappa shape index (κ2) is 3.99. The van der Waals surface area contributed by atoms with Crippen LogP contribution in [0.1, 0.15) is 5.56 Å². The Labute approximate surface area is 96.1 Å². The number of benzene rings is 1. The van der Waals surface area contributed by atoms with E-state index in [0.717, 1.165) is 6.07 Å². The molecule has 0 heterocycles. The molecule has 1 aromatic rings. The average molecular weight is 268 g/mol. The molecule has 74 valence electrons. The van der Waals surface area contributed by atoms with Crippen molar-refractivity contribution in [3.05, 3.63) is 22.7 Å². The van der Waals surface area contributed by atoms with Gasteiger partial charge >= 0.3 is 0 Å². The van der Waals surface area contributed by atoms with Crippen molar-refractivity contribution in [2.45, 2.75) is 9.79 Å². The first-order chi connectivity index (χ1) is 6.36. The second-order valence-electron chi connectivity index (χ2n) is 2.35. The normalized spacial score (nSPS) is 11.0. The summed E-state index contributed by atoms with van der Waals surface area (Å²) in [6, 6.07) is 4.04. The third kappa shape index (κ3) is 2.34. The maximum atomic E-state index is 11.0. The van der Waals surface area contributed by atoms with Crippen LogP contribution in [0.5, 0.6) is 0 Å². The minimum absolute atomic E-state index is 0.0946. The van der Waals surface area contributed by atoms with Crippen LogP contribution in [0.2, 0.25) is 5.02 Å². The van der Waals surface area contributed by atoms with Crippen LogP contribution >= 0.6 is 34.9 Å². The molecule has 0 radical (unpaired) electrons. The molecular formula is C7H3Cl2NO2S2. The van der Waals surface area contributed by atoms with E-state index in [-0.39, 0.29) is 20.4 Å². The van der Waals surface area contributed by atoms with Crippen LogP contribution in [0.25, 0.3) is 0 Å². The molecule has 3 nitrogen and oxygen atoms in total. The second-order valence-corrected chi connectivity index (χ2v) is 5.77. The van der Waals surface area contributed by atoms with Crippen LogP contribution in [0.15, 0.2) is 21.9 Å². The summed E-state index contributed by atoms with van der Waals surface area (Å²) in [5, 5.41) is 8.84. The molecule has 0 amide bonds. The topological polar surface area (TPSA) is 57.9 Å². The first-order valence-electron chi connectivity index (χ1n) is 3.23. The van der Waals surface area contributed by atoms with Gasteiger partial charge in [0.15, 0.2) is 0 Å². The summed E-state index contributed by atoms with van der Waals surface area (Å²) in [5.74, 6) is 0. The van der Waals surface area contributed by atoms with Gasteiger partial charge in [-0.3, -0.25) is 0 Å². The van der Waals surface area contributed by atoms with Gasteiger partial charge in [0.25, 0.3) is 9.05 Å². The average Bonchev–Trinajstić information content (AvgIpc) is 2.07. The van der Waals surface area contributed by atoms with Crippen molar-refractivity contribution >= 4 is 44.0 Å². The van der Waals surface area contributed by atoms with E-state index in [2.05, 4.69) is 12.6 Å². The first-order valence-corrected chi connectivity index (χ1v) is 6.37. The number of halogens is 2. The van der Waals surface area contributed by atoms with Crippen molar-refractivity contribution in [1.29, 1.82) is 5.26 Å². The summed E-state index contributed by atoms with van der Waals surface area (Å²) in [7, 11) is 1.17. The Morgan fingerprint density at radius 3 is 2.43 bits per heavy atom. The van der Waals surface area contributed by atoms with Gasteiger partial charge in [-0.25, -0.2) is 8.42 Å². The lowest BCUT2D eigenvalue weighted by Gasteiger charge is -2.02. The molecule has 0 aliphatic heterocycles. The van der Waals surface area contributed by atoms with Gasteiger partial charge in [0, 0.05) is 15.6 Å². The predicted molar refractivity (Wildman–Crippen MR) is 56.5 cm³/mol. The highest BCUT2D eigenvalue weighted by molar-refractivity contribution is 8.13. The summed E-state index contributed by atoms with van der Waals surface area (Å²) in [5.41, 5.74) is -0.0946. The summed E-state index contributed by atoms with van der Waals surface area (Å²) in [6.07, 6.45) is 0. The molecule has 0 saturated carbocycles. The maximum absolute atomic E-state index is 11.0. The maximum Gasteiger partial charge on any atom is 0.262 e. The Morgan fingerprint density at radius 2 is 2.00 bits per heavy atom. The van der Waals surface area contributed by atoms with E-state index in [1.54, 1.807) is 6.07 Å². The molecule has 0 bridgehead atoms. The Morgan fingerprint density at radius 1 is 1.43 bits per heavy atom. The van der Waals surface area contributed by atoms with E-state index < -0.39 is 9.05 Å². The molecule has 14 heavy (non-hydrogen) atoms. The van der Waals surface area contributed by atoms with Gasteiger partial charge in [-0.1, -0.05) is 11.6 Å². The molecule has 0 atom stereocenters. The Kier molecular flexibility index (Phi) is 3.32. The van der Waals surface area contributed by atoms with E-state index in [1.807, 2.05) is 0 Å². The summed E-state index contributed by atoms with van der Waals surface area (Å²) >= 11 is 9.57. The zero-order valence-electron chi connectivity index (χ0n) is 6.53. The number of nitriles is 1. The Bertz CT molecular complexity index is 519. The Balaban J connectivity index is 3.61. The smallest absolute Gasteiger partial charge is 0.207 e. The predicted octanol–water partition coefficient (Wildman–Crippen LogP) is 2.43. The summed E-state index contributed by atoms with van der Waals surface area (Å²) in [6.45, 7) is 0. The number of hydrogen-bond acceptors (Lipinski definition) is 4. The molecule has 0 N–H and O–H groups in total. The van der Waals surface area contributed by atoms with Gasteiger partial charge in [0.1, 0.15) is 11.0 Å². The molecule has 1 rings (SSSR count). The van der Waals surface area contributed by atoms with Crippen LogP contribution < -0.4 is 0 Å². The first kappa shape index (κ1) is 11.7. The highest BCUT2D eigenvalue weighted by atomic mass is 35.7. The molecule has 0 fully saturated rings. The third-order valence-electron chi connectivity index (χ3n) is 1.43. The number of hydrogen-bond donors (Lipinski definition) is 1. The van der Waals surface area contributed by atoms with Crippen LogP contribution in [0, 0.1) is 11.3 Å². The molecule has 0 aliphatic carbocycles. The van der Waals surface area contributed by atoms with Crippen molar-refractivity contribution in [3.63, 3.8) is 0 Å². The van der Waals surface area contributed by atoms with Crippen molar-refractivity contribution < 1.29 is 8.42 Å². The minimum Gasteiger partial charge on any atom is -0.207 e. The zero-order chi connectivity index (χ0) is 10.9. The third-order valence-corrected chi connectivity index (χ3v) is 3.61. The van der Waals surface area contributed by atoms with Crippen LogP contribution in [-0.4, -0.2) is 8.42 Å². The standard InChI is InChI=1S/C7H3Cl2NO2S2/c8-5-1-4(3-10)7(2-6(5)13)14(9,11)12/h1-2,13H. The van der Waals surface area contributed by atoms with Gasteiger partial charge in [-0.2, -0.15) is 5.26 Å². The lowest BCUT2D eigenvalue weighted by atomic mass is 10.2. The van der Waals surface area contributed by atoms with Crippen molar-refractivity contribution in [1.82, 2.24) is 0 Å². The molecule has 0 aliphatic rings. The van der Waals surface area contributed by atoms with Gasteiger partial charge in [0.2, 0.25) is 0 Å². The molecule has 0 spiro atoms. The fraction of sp³-hybridized carbons (Fsp3) is 0. The van der Waals surface area contributed by atoms with E-state index in [4.69, 9.17) is 27.5 Å². The van der Waals surface area contributed by atoms with Crippen molar-refractivity contribution in [2.24, 2.45) is 0 Å². The van der Waals surface area contributed by atoms with Gasteiger partial charge < -0.3 is 0 Å². The van der Waals surface area contributed by atoms with Gasteiger partial charge in [-0.15, -0.1) is 12.6 Å². The zero-order valence-corrected chi connectivity index (χ0v) is 9.75. The van der Waals surface area contributed by atoms with Crippen molar-refractivity contribution in [3.8, 4) is 6.07 Å². The highest BCUT2D eigenvalue weighted by Gasteiger charge is 2.17. The van der Waals surface area contributed by atoms with Crippen LogP contribution in [0.3, 0.4) is 0 Å². The van der Waals surface area contributed by atoms with Gasteiger partial charge in [0.05, 0.1) is 10.6 Å². The van der Waals surface area contributed by atoms with Crippen LogP contribution in [-0.2, 0) is 9.05 Å². The fourth-order valence-electron chi connectivity index (χ4n) is 0.832. The highest BCUT2D eigenvalue weighted by Crippen LogP contribution is 2.28. The molecule has 0 saturated heterocycles. The van der Waals surface area contributed by atoms with Crippen molar-refractivity contribution in [2.75, 3.05) is 0 Å². The summed E-state index contributed by atoms with van der Waals surface area (Å²) in [4.78, 5) is -0.0269. The molecule has 1 aromatic carbocycles. The lowest BCUT2D eigenvalue weighted by molar-refractivity contribution is 0.609. The number of nitrogens with zero attached hydrogens (tertiary/aromatic N) is 1. The Hall–Kier alpha value is -0.410. The SMILES string of the molecule is N#Cc1cc(Cl)c(S)cc1S(=O)(=O)Cl. The fourth-order valence-corrected chi connectivity index (χ4v) is 2.29. The summed E-state index contributed by atoms with van der Waals surface area (Å²) < 4.78 is 22.0. The molecular weight excluding hydrogens is 265 g/mol. The molecule has 7 heteroatoms. The minimum atomic E-state index is -3.94. The molecule has 0 unspecified atom stereocenters. The quantitative estimate of drug-likeness (QED) is 0.628. The molecule has 0 aromatic heterocycles. The van der Waals surface area contributed by atoms with E-state index in [9.17, 15) is 8.42 Å². The van der Waals surface area contributed by atoms with E-state index in [1.165, 1.54) is 6.07 Å². The lowest BCUT2D eigenvalue weighted by Crippen LogP contribution is -1.95. The van der Waals surface area contributed by atoms with E-state index >= 15 is 0 Å². The monoisotopic (exact) mass is 267 g/mol. The number of rotatable bonds is 1. The number of thiol groups is 1. The van der Waals surface area contributed by atoms with Crippen LogP contribution in [0.4, 0.5) is 0 Å².